The fourth-order valence-electron chi connectivity index (χ4n) is 3.05. The molecule has 1 atom stereocenters. The lowest BCUT2D eigenvalue weighted by Gasteiger charge is -2.25. The highest BCUT2D eigenvalue weighted by atomic mass is 19.1. The molecule has 0 spiro atoms. The summed E-state index contributed by atoms with van der Waals surface area (Å²) in [5, 5.41) is 7.48. The number of nitrogens with one attached hydrogen (secondary N) is 3. The summed E-state index contributed by atoms with van der Waals surface area (Å²) in [4.78, 5) is 40.1. The van der Waals surface area contributed by atoms with Crippen molar-refractivity contribution in [2.45, 2.75) is 18.4 Å². The minimum absolute atomic E-state index is 0.00124. The van der Waals surface area contributed by atoms with E-state index in [4.69, 9.17) is 4.42 Å². The summed E-state index contributed by atoms with van der Waals surface area (Å²) >= 11 is 0. The third kappa shape index (κ3) is 2.81. The topological polar surface area (TPSA) is 113 Å². The predicted octanol–water partition coefficient (Wildman–Crippen LogP) is 1.20. The number of halogens is 1. The number of benzene rings is 1. The Balaban J connectivity index is 1.46. The molecule has 26 heavy (non-hydrogen) atoms. The van der Waals surface area contributed by atoms with Gasteiger partial charge in [0.25, 0.3) is 11.8 Å². The SMILES string of the molecule is O=C1NC(=O)[C@](CNC(=O)c2coc(-c3ccc(F)cc3)n2)(C2CC2)N1. The summed E-state index contributed by atoms with van der Waals surface area (Å²) in [6, 6.07) is 4.95. The second kappa shape index (κ2) is 5.94. The number of imide groups is 1. The molecule has 0 bridgehead atoms. The molecule has 3 N–H and O–H groups in total. The van der Waals surface area contributed by atoms with Crippen LogP contribution in [0.3, 0.4) is 0 Å². The molecule has 0 radical (unpaired) electrons. The molecule has 1 aromatic carbocycles. The Labute approximate surface area is 147 Å². The Morgan fingerprint density at radius 1 is 1.31 bits per heavy atom. The van der Waals surface area contributed by atoms with Gasteiger partial charge in [-0.25, -0.2) is 14.2 Å². The molecule has 8 nitrogen and oxygen atoms in total. The zero-order valence-electron chi connectivity index (χ0n) is 13.5. The summed E-state index contributed by atoms with van der Waals surface area (Å²) < 4.78 is 18.2. The summed E-state index contributed by atoms with van der Waals surface area (Å²) in [5.74, 6) is -1.17. The van der Waals surface area contributed by atoms with E-state index in [1.807, 2.05) is 0 Å². The molecule has 2 fully saturated rings. The minimum Gasteiger partial charge on any atom is -0.444 e. The van der Waals surface area contributed by atoms with Crippen LogP contribution in [0.25, 0.3) is 11.5 Å². The number of hydrogen-bond donors (Lipinski definition) is 3. The van der Waals surface area contributed by atoms with Crippen molar-refractivity contribution in [2.24, 2.45) is 5.92 Å². The first-order chi connectivity index (χ1) is 12.5. The van der Waals surface area contributed by atoms with E-state index in [1.165, 1.54) is 30.5 Å². The van der Waals surface area contributed by atoms with Gasteiger partial charge in [-0.1, -0.05) is 0 Å². The van der Waals surface area contributed by atoms with Crippen LogP contribution >= 0.6 is 0 Å². The molecule has 2 aliphatic rings. The Kier molecular flexibility index (Phi) is 3.71. The predicted molar refractivity (Wildman–Crippen MR) is 86.4 cm³/mol. The Morgan fingerprint density at radius 2 is 2.04 bits per heavy atom. The molecule has 4 rings (SSSR count). The number of amides is 4. The van der Waals surface area contributed by atoms with Gasteiger partial charge < -0.3 is 15.1 Å². The van der Waals surface area contributed by atoms with Gasteiger partial charge in [-0.3, -0.25) is 14.9 Å². The highest BCUT2D eigenvalue weighted by Gasteiger charge is 2.56. The molecule has 2 aromatic rings. The Morgan fingerprint density at radius 3 is 2.65 bits per heavy atom. The lowest BCUT2D eigenvalue weighted by atomic mass is 9.93. The van der Waals surface area contributed by atoms with Gasteiger partial charge in [0, 0.05) is 5.56 Å². The first-order valence-corrected chi connectivity index (χ1v) is 8.11. The average molecular weight is 358 g/mol. The molecule has 9 heteroatoms. The quantitative estimate of drug-likeness (QED) is 0.695. The molecule has 0 unspecified atom stereocenters. The molecule has 1 saturated heterocycles. The van der Waals surface area contributed by atoms with Gasteiger partial charge in [0.05, 0.1) is 6.54 Å². The van der Waals surface area contributed by atoms with E-state index < -0.39 is 23.4 Å². The summed E-state index contributed by atoms with van der Waals surface area (Å²) in [7, 11) is 0. The monoisotopic (exact) mass is 358 g/mol. The van der Waals surface area contributed by atoms with Gasteiger partial charge in [-0.05, 0) is 43.0 Å². The van der Waals surface area contributed by atoms with Crippen molar-refractivity contribution in [3.05, 3.63) is 42.0 Å². The van der Waals surface area contributed by atoms with E-state index in [-0.39, 0.29) is 29.9 Å². The highest BCUT2D eigenvalue weighted by molar-refractivity contribution is 6.08. The third-order valence-electron chi connectivity index (χ3n) is 4.60. The second-order valence-electron chi connectivity index (χ2n) is 6.38. The van der Waals surface area contributed by atoms with Crippen LogP contribution in [0.15, 0.2) is 34.9 Å². The highest BCUT2D eigenvalue weighted by Crippen LogP contribution is 2.41. The first-order valence-electron chi connectivity index (χ1n) is 8.11. The molecule has 1 aliphatic carbocycles. The van der Waals surface area contributed by atoms with Crippen LogP contribution in [-0.2, 0) is 4.79 Å². The van der Waals surface area contributed by atoms with Crippen LogP contribution in [0, 0.1) is 11.7 Å². The smallest absolute Gasteiger partial charge is 0.322 e. The maximum Gasteiger partial charge on any atom is 0.322 e. The van der Waals surface area contributed by atoms with Gasteiger partial charge in [0.15, 0.2) is 5.69 Å². The van der Waals surface area contributed by atoms with Crippen molar-refractivity contribution >= 4 is 17.8 Å². The van der Waals surface area contributed by atoms with Gasteiger partial charge in [0.2, 0.25) is 5.89 Å². The molecule has 134 valence electrons. The first kappa shape index (κ1) is 16.2. The largest absolute Gasteiger partial charge is 0.444 e. The Hall–Kier alpha value is -3.23. The van der Waals surface area contributed by atoms with E-state index in [9.17, 15) is 18.8 Å². The molecule has 1 aromatic heterocycles. The number of aromatic nitrogens is 1. The normalized spacial score (nSPS) is 22.0. The van der Waals surface area contributed by atoms with Crippen molar-refractivity contribution in [2.75, 3.05) is 6.54 Å². The standard InChI is InChI=1S/C17H15FN4O4/c18-11-5-1-9(2-6-11)14-20-12(7-26-14)13(23)19-8-17(10-3-4-10)15(24)21-16(25)22-17/h1-2,5-7,10H,3-4,8H2,(H,19,23)(H2,21,22,24,25)/t17-/m0/s1. The fraction of sp³-hybridized carbons (Fsp3) is 0.294. The fourth-order valence-corrected chi connectivity index (χ4v) is 3.05. The zero-order chi connectivity index (χ0) is 18.3. The number of rotatable bonds is 5. The molecular weight excluding hydrogens is 343 g/mol. The summed E-state index contributed by atoms with van der Waals surface area (Å²) in [6.07, 6.45) is 2.80. The summed E-state index contributed by atoms with van der Waals surface area (Å²) in [5.41, 5.74) is -0.557. The van der Waals surface area contributed by atoms with Gasteiger partial charge in [-0.2, -0.15) is 0 Å². The molecular formula is C17H15FN4O4. The second-order valence-corrected chi connectivity index (χ2v) is 6.38. The third-order valence-corrected chi connectivity index (χ3v) is 4.60. The van der Waals surface area contributed by atoms with E-state index in [0.717, 1.165) is 12.8 Å². The molecule has 1 saturated carbocycles. The maximum atomic E-state index is 13.0. The zero-order valence-corrected chi connectivity index (χ0v) is 13.5. The van der Waals surface area contributed by atoms with E-state index in [2.05, 4.69) is 20.9 Å². The number of hydrogen-bond acceptors (Lipinski definition) is 5. The molecule has 4 amide bonds. The van der Waals surface area contributed by atoms with Crippen LogP contribution in [0.5, 0.6) is 0 Å². The van der Waals surface area contributed by atoms with Crippen molar-refractivity contribution < 1.29 is 23.2 Å². The van der Waals surface area contributed by atoms with Gasteiger partial charge in [-0.15, -0.1) is 0 Å². The number of carbonyl (C=O) groups is 3. The van der Waals surface area contributed by atoms with Crippen molar-refractivity contribution in [1.29, 1.82) is 0 Å². The molecule has 1 aliphatic heterocycles. The molecule has 2 heterocycles. The van der Waals surface area contributed by atoms with Crippen molar-refractivity contribution in [1.82, 2.24) is 20.9 Å². The minimum atomic E-state index is -1.11. The summed E-state index contributed by atoms with van der Waals surface area (Å²) in [6.45, 7) is -0.0349. The van der Waals surface area contributed by atoms with Crippen molar-refractivity contribution in [3.63, 3.8) is 0 Å². The lowest BCUT2D eigenvalue weighted by Crippen LogP contribution is -2.57. The number of oxazole rings is 1. The van der Waals surface area contributed by atoms with Crippen LogP contribution in [-0.4, -0.2) is 34.9 Å². The van der Waals surface area contributed by atoms with Crippen molar-refractivity contribution in [3.8, 4) is 11.5 Å². The van der Waals surface area contributed by atoms with Crippen LogP contribution in [0.4, 0.5) is 9.18 Å². The van der Waals surface area contributed by atoms with E-state index in [1.54, 1.807) is 0 Å². The lowest BCUT2D eigenvalue weighted by molar-refractivity contribution is -0.124. The average Bonchev–Trinajstić information content (AvgIpc) is 3.28. The maximum absolute atomic E-state index is 13.0. The van der Waals surface area contributed by atoms with Crippen LogP contribution < -0.4 is 16.0 Å². The number of carbonyl (C=O) groups excluding carboxylic acids is 3. The van der Waals surface area contributed by atoms with Gasteiger partial charge in [0.1, 0.15) is 17.6 Å². The van der Waals surface area contributed by atoms with Gasteiger partial charge >= 0.3 is 6.03 Å². The number of nitrogens with zero attached hydrogens (tertiary/aromatic N) is 1. The van der Waals surface area contributed by atoms with E-state index >= 15 is 0 Å². The van der Waals surface area contributed by atoms with Crippen LogP contribution in [0.1, 0.15) is 23.3 Å². The van der Waals surface area contributed by atoms with E-state index in [0.29, 0.717) is 5.56 Å². The Bertz CT molecular complexity index is 890. The van der Waals surface area contributed by atoms with Crippen LogP contribution in [0.2, 0.25) is 0 Å². The number of urea groups is 1.